The molecule has 0 amide bonds. The Bertz CT molecular complexity index is 534. The van der Waals surface area contributed by atoms with Crippen LogP contribution in [0.15, 0.2) is 18.2 Å². The summed E-state index contributed by atoms with van der Waals surface area (Å²) in [6, 6.07) is 6.47. The van der Waals surface area contributed by atoms with Crippen LogP contribution < -0.4 is 5.32 Å². The minimum absolute atomic E-state index is 0.961. The minimum atomic E-state index is 0.961. The smallest absolute Gasteiger partial charge is 0.148 e. The first-order chi connectivity index (χ1) is 9.20. The lowest BCUT2D eigenvalue weighted by Crippen LogP contribution is -2.17. The molecular formula is C15H21N3S. The highest BCUT2D eigenvalue weighted by molar-refractivity contribution is 7.14. The summed E-state index contributed by atoms with van der Waals surface area (Å²) in [6.45, 7) is 8.47. The standard InChI is InChI=1S/C15H21N3S/c1-4-8-16-9-7-14-17-18-15(19-14)13-6-5-11(2)10-12(13)3/h5-6,10,16H,4,7-9H2,1-3H3. The molecule has 0 bridgehead atoms. The summed E-state index contributed by atoms with van der Waals surface area (Å²) in [4.78, 5) is 0. The van der Waals surface area contributed by atoms with Crippen molar-refractivity contribution in [2.45, 2.75) is 33.6 Å². The zero-order valence-corrected chi connectivity index (χ0v) is 12.7. The van der Waals surface area contributed by atoms with Crippen molar-refractivity contribution in [2.75, 3.05) is 13.1 Å². The van der Waals surface area contributed by atoms with E-state index in [-0.39, 0.29) is 0 Å². The van der Waals surface area contributed by atoms with Crippen LogP contribution in [0.3, 0.4) is 0 Å². The van der Waals surface area contributed by atoms with Crippen LogP contribution >= 0.6 is 11.3 Å². The Morgan fingerprint density at radius 2 is 2.00 bits per heavy atom. The number of aromatic nitrogens is 2. The lowest BCUT2D eigenvalue weighted by atomic mass is 10.1. The van der Waals surface area contributed by atoms with E-state index in [9.17, 15) is 0 Å². The molecule has 4 heteroatoms. The fourth-order valence-electron chi connectivity index (χ4n) is 2.01. The van der Waals surface area contributed by atoms with Gasteiger partial charge in [0, 0.05) is 18.5 Å². The van der Waals surface area contributed by atoms with Crippen molar-refractivity contribution in [3.8, 4) is 10.6 Å². The molecule has 0 radical (unpaired) electrons. The molecule has 0 saturated heterocycles. The van der Waals surface area contributed by atoms with Gasteiger partial charge in [0.05, 0.1) is 0 Å². The van der Waals surface area contributed by atoms with E-state index in [1.807, 2.05) is 0 Å². The molecule has 0 aliphatic carbocycles. The second-order valence-electron chi connectivity index (χ2n) is 4.82. The van der Waals surface area contributed by atoms with E-state index in [1.165, 1.54) is 23.1 Å². The topological polar surface area (TPSA) is 37.8 Å². The van der Waals surface area contributed by atoms with Crippen molar-refractivity contribution in [3.63, 3.8) is 0 Å². The van der Waals surface area contributed by atoms with Crippen LogP contribution in [0.1, 0.15) is 29.5 Å². The Morgan fingerprint density at radius 1 is 1.16 bits per heavy atom. The average Bonchev–Trinajstić information content (AvgIpc) is 2.83. The summed E-state index contributed by atoms with van der Waals surface area (Å²) < 4.78 is 0. The number of nitrogens with zero attached hydrogens (tertiary/aromatic N) is 2. The zero-order chi connectivity index (χ0) is 13.7. The molecule has 1 N–H and O–H groups in total. The highest BCUT2D eigenvalue weighted by Crippen LogP contribution is 2.27. The summed E-state index contributed by atoms with van der Waals surface area (Å²) in [5, 5.41) is 14.1. The monoisotopic (exact) mass is 275 g/mol. The first-order valence-electron chi connectivity index (χ1n) is 6.81. The van der Waals surface area contributed by atoms with Crippen LogP contribution in [0.2, 0.25) is 0 Å². The summed E-state index contributed by atoms with van der Waals surface area (Å²) >= 11 is 1.70. The van der Waals surface area contributed by atoms with Crippen molar-refractivity contribution in [2.24, 2.45) is 0 Å². The van der Waals surface area contributed by atoms with Crippen molar-refractivity contribution in [3.05, 3.63) is 34.3 Å². The van der Waals surface area contributed by atoms with Gasteiger partial charge in [-0.05, 0) is 32.4 Å². The van der Waals surface area contributed by atoms with Crippen LogP contribution in [0.5, 0.6) is 0 Å². The molecule has 3 nitrogen and oxygen atoms in total. The van der Waals surface area contributed by atoms with Crippen LogP contribution in [-0.4, -0.2) is 23.3 Å². The van der Waals surface area contributed by atoms with E-state index < -0.39 is 0 Å². The van der Waals surface area contributed by atoms with E-state index in [4.69, 9.17) is 0 Å². The van der Waals surface area contributed by atoms with Crippen LogP contribution in [0.25, 0.3) is 10.6 Å². The predicted octanol–water partition coefficient (Wildman–Crippen LogP) is 3.36. The SMILES string of the molecule is CCCNCCc1nnc(-c2ccc(C)cc2C)s1. The molecule has 2 aromatic rings. The third-order valence-corrected chi connectivity index (χ3v) is 4.04. The van der Waals surface area contributed by atoms with Crippen molar-refractivity contribution < 1.29 is 0 Å². The summed E-state index contributed by atoms with van der Waals surface area (Å²) in [5.74, 6) is 0. The van der Waals surface area contributed by atoms with Gasteiger partial charge in [0.25, 0.3) is 0 Å². The van der Waals surface area contributed by atoms with Crippen LogP contribution in [-0.2, 0) is 6.42 Å². The van der Waals surface area contributed by atoms with Gasteiger partial charge in [-0.1, -0.05) is 42.0 Å². The number of aryl methyl sites for hydroxylation is 2. The first-order valence-corrected chi connectivity index (χ1v) is 7.63. The summed E-state index contributed by atoms with van der Waals surface area (Å²) in [7, 11) is 0. The van der Waals surface area contributed by atoms with Gasteiger partial charge in [-0.25, -0.2) is 0 Å². The normalized spacial score (nSPS) is 10.9. The Labute approximate surface area is 119 Å². The average molecular weight is 275 g/mol. The molecule has 19 heavy (non-hydrogen) atoms. The van der Waals surface area contributed by atoms with E-state index in [0.29, 0.717) is 0 Å². The number of nitrogens with one attached hydrogen (secondary N) is 1. The van der Waals surface area contributed by atoms with Crippen LogP contribution in [0, 0.1) is 13.8 Å². The first kappa shape index (κ1) is 14.2. The van der Waals surface area contributed by atoms with E-state index in [2.05, 4.69) is 54.5 Å². The van der Waals surface area contributed by atoms with Crippen molar-refractivity contribution in [1.29, 1.82) is 0 Å². The third-order valence-electron chi connectivity index (χ3n) is 3.02. The second kappa shape index (κ2) is 6.78. The molecule has 0 unspecified atom stereocenters. The largest absolute Gasteiger partial charge is 0.316 e. The lowest BCUT2D eigenvalue weighted by Gasteiger charge is -2.02. The zero-order valence-electron chi connectivity index (χ0n) is 11.9. The molecule has 0 aliphatic heterocycles. The van der Waals surface area contributed by atoms with E-state index in [0.717, 1.165) is 29.5 Å². The fourth-order valence-corrected chi connectivity index (χ4v) is 2.94. The van der Waals surface area contributed by atoms with Gasteiger partial charge in [-0.2, -0.15) is 0 Å². The Morgan fingerprint density at radius 3 is 2.74 bits per heavy atom. The summed E-state index contributed by atoms with van der Waals surface area (Å²) in [5.41, 5.74) is 3.76. The molecule has 102 valence electrons. The summed E-state index contributed by atoms with van der Waals surface area (Å²) in [6.07, 6.45) is 2.13. The van der Waals surface area contributed by atoms with E-state index in [1.54, 1.807) is 11.3 Å². The van der Waals surface area contributed by atoms with Gasteiger partial charge in [0.1, 0.15) is 10.0 Å². The van der Waals surface area contributed by atoms with Gasteiger partial charge in [-0.3, -0.25) is 0 Å². The maximum absolute atomic E-state index is 4.32. The highest BCUT2D eigenvalue weighted by atomic mass is 32.1. The van der Waals surface area contributed by atoms with Gasteiger partial charge < -0.3 is 5.32 Å². The molecule has 1 aromatic carbocycles. The van der Waals surface area contributed by atoms with Gasteiger partial charge in [0.2, 0.25) is 0 Å². The number of benzene rings is 1. The van der Waals surface area contributed by atoms with Gasteiger partial charge in [0.15, 0.2) is 0 Å². The Kier molecular flexibility index (Phi) is 5.05. The molecule has 0 fully saturated rings. The Hall–Kier alpha value is -1.26. The van der Waals surface area contributed by atoms with Gasteiger partial charge >= 0.3 is 0 Å². The molecule has 1 aromatic heterocycles. The number of hydrogen-bond donors (Lipinski definition) is 1. The molecule has 0 aliphatic rings. The van der Waals surface area contributed by atoms with Crippen molar-refractivity contribution >= 4 is 11.3 Å². The lowest BCUT2D eigenvalue weighted by molar-refractivity contribution is 0.668. The predicted molar refractivity (Wildman–Crippen MR) is 81.7 cm³/mol. The second-order valence-corrected chi connectivity index (χ2v) is 5.88. The molecule has 0 spiro atoms. The molecule has 0 saturated carbocycles. The Balaban J connectivity index is 2.04. The molecule has 2 rings (SSSR count). The molecular weight excluding hydrogens is 254 g/mol. The number of hydrogen-bond acceptors (Lipinski definition) is 4. The highest BCUT2D eigenvalue weighted by Gasteiger charge is 2.08. The minimum Gasteiger partial charge on any atom is -0.316 e. The van der Waals surface area contributed by atoms with Crippen molar-refractivity contribution in [1.82, 2.24) is 15.5 Å². The quantitative estimate of drug-likeness (QED) is 0.821. The fraction of sp³-hybridized carbons (Fsp3) is 0.467. The maximum atomic E-state index is 4.32. The maximum Gasteiger partial charge on any atom is 0.148 e. The van der Waals surface area contributed by atoms with E-state index >= 15 is 0 Å². The molecule has 1 heterocycles. The third kappa shape index (κ3) is 3.85. The van der Waals surface area contributed by atoms with Gasteiger partial charge in [-0.15, -0.1) is 10.2 Å². The number of rotatable bonds is 6. The molecule has 0 atom stereocenters. The van der Waals surface area contributed by atoms with Crippen LogP contribution in [0.4, 0.5) is 0 Å².